The number of carbonyl (C=O) groups excluding carboxylic acids is 1. The number of aliphatic hydroxyl groups is 1. The zero-order valence-electron chi connectivity index (χ0n) is 5.06. The fraction of sp³-hybridized carbons (Fsp3) is 0.667. The maximum absolute atomic E-state index is 10.3. The number of primary amides is 1. The highest BCUT2D eigenvalue weighted by Crippen LogP contribution is 1.78. The number of nitrogens with two attached hydrogens (primary N) is 1. The van der Waals surface area contributed by atoms with Gasteiger partial charge in [0.2, 0.25) is 0 Å². The van der Waals surface area contributed by atoms with Crippen LogP contribution in [0.3, 0.4) is 0 Å². The van der Waals surface area contributed by atoms with Crippen LogP contribution >= 0.6 is 0 Å². The van der Waals surface area contributed by atoms with Crippen molar-refractivity contribution in [2.24, 2.45) is 11.0 Å². The zero-order valence-corrected chi connectivity index (χ0v) is 5.06. The van der Waals surface area contributed by atoms with Gasteiger partial charge in [-0.15, -0.1) is 5.53 Å². The molecule has 0 fully saturated rings. The molecule has 1 amide bonds. The van der Waals surface area contributed by atoms with Gasteiger partial charge in [-0.1, -0.05) is 0 Å². The fourth-order valence-electron chi connectivity index (χ4n) is 0.290. The standard InChI is InChI=1S/C3H7N5O2/c4-3(10)2(1-9)6-8-7-5/h2,6,9H,1H2,(H2,4,10)/t2-/m0/s1. The Labute approximate surface area is 56.4 Å². The quantitative estimate of drug-likeness (QED) is 0.196. The molecule has 0 aliphatic rings. The van der Waals surface area contributed by atoms with E-state index in [1.807, 2.05) is 5.43 Å². The summed E-state index contributed by atoms with van der Waals surface area (Å²) in [5.41, 5.74) is 14.5. The second-order valence-electron chi connectivity index (χ2n) is 1.46. The number of amides is 1. The second kappa shape index (κ2) is 4.42. The Balaban J connectivity index is 3.82. The van der Waals surface area contributed by atoms with Gasteiger partial charge >= 0.3 is 0 Å². The summed E-state index contributed by atoms with van der Waals surface area (Å²) < 4.78 is 0. The molecule has 10 heavy (non-hydrogen) atoms. The molecule has 0 saturated carbocycles. The Morgan fingerprint density at radius 2 is 2.60 bits per heavy atom. The molecule has 0 aromatic rings. The van der Waals surface area contributed by atoms with E-state index in [0.29, 0.717) is 0 Å². The number of rotatable bonds is 4. The molecule has 4 N–H and O–H groups in total. The summed E-state index contributed by atoms with van der Waals surface area (Å²) in [5, 5.41) is 11.2. The molecule has 0 bridgehead atoms. The first-order valence-corrected chi connectivity index (χ1v) is 2.42. The molecule has 0 heterocycles. The van der Waals surface area contributed by atoms with Crippen molar-refractivity contribution in [3.63, 3.8) is 0 Å². The van der Waals surface area contributed by atoms with Gasteiger partial charge < -0.3 is 10.8 Å². The molecule has 0 aliphatic heterocycles. The van der Waals surface area contributed by atoms with Gasteiger partial charge in [-0.25, -0.2) is 5.43 Å². The Morgan fingerprint density at radius 1 is 2.00 bits per heavy atom. The van der Waals surface area contributed by atoms with Crippen molar-refractivity contribution in [1.82, 2.24) is 5.43 Å². The van der Waals surface area contributed by atoms with Crippen LogP contribution in [0.15, 0.2) is 5.22 Å². The minimum absolute atomic E-state index is 0.492. The summed E-state index contributed by atoms with van der Waals surface area (Å²) in [6.45, 7) is -0.492. The third-order valence-corrected chi connectivity index (χ3v) is 0.784. The topological polar surface area (TPSA) is 124 Å². The largest absolute Gasteiger partial charge is 0.391 e. The molecule has 0 aromatic heterocycles. The lowest BCUT2D eigenvalue weighted by atomic mass is 10.3. The Kier molecular flexibility index (Phi) is 3.78. The van der Waals surface area contributed by atoms with Gasteiger partial charge in [-0.3, -0.25) is 4.79 Å². The van der Waals surface area contributed by atoms with Crippen molar-refractivity contribution in [2.75, 3.05) is 6.61 Å². The number of hydrogen-bond acceptors (Lipinski definition) is 3. The summed E-state index contributed by atoms with van der Waals surface area (Å²) in [4.78, 5) is 12.6. The van der Waals surface area contributed by atoms with Crippen LogP contribution < -0.4 is 11.2 Å². The number of azide groups is 1. The molecular formula is C3H7N5O2. The van der Waals surface area contributed by atoms with Gasteiger partial charge in [0.15, 0.2) is 6.04 Å². The molecule has 0 radical (unpaired) electrons. The summed E-state index contributed by atoms with van der Waals surface area (Å²) in [6.07, 6.45) is 0. The third kappa shape index (κ3) is 2.75. The number of hydrogen-bond donors (Lipinski definition) is 3. The van der Waals surface area contributed by atoms with Crippen molar-refractivity contribution in [2.45, 2.75) is 6.04 Å². The first kappa shape index (κ1) is 8.54. The predicted molar refractivity (Wildman–Crippen MR) is 32.3 cm³/mol. The molecule has 7 nitrogen and oxygen atoms in total. The van der Waals surface area contributed by atoms with E-state index in [1.165, 1.54) is 0 Å². The van der Waals surface area contributed by atoms with Gasteiger partial charge in [0.25, 0.3) is 5.91 Å². The van der Waals surface area contributed by atoms with E-state index in [9.17, 15) is 4.79 Å². The van der Waals surface area contributed by atoms with Crippen LogP contribution in [0.2, 0.25) is 0 Å². The van der Waals surface area contributed by atoms with Gasteiger partial charge in [-0.05, 0) is 5.22 Å². The van der Waals surface area contributed by atoms with Crippen molar-refractivity contribution in [1.29, 1.82) is 0 Å². The average Bonchev–Trinajstić information content (AvgIpc) is 1.89. The van der Waals surface area contributed by atoms with Crippen molar-refractivity contribution >= 4 is 5.91 Å². The van der Waals surface area contributed by atoms with Crippen molar-refractivity contribution in [3.05, 3.63) is 10.4 Å². The molecule has 1 atom stereocenters. The lowest BCUT2D eigenvalue weighted by molar-refractivity contribution is -0.120. The predicted octanol–water partition coefficient (Wildman–Crippen LogP) is -1.35. The summed E-state index contributed by atoms with van der Waals surface area (Å²) in [7, 11) is 0. The van der Waals surface area contributed by atoms with Crippen LogP contribution in [0.25, 0.3) is 10.4 Å². The first-order valence-electron chi connectivity index (χ1n) is 2.42. The number of nitrogens with zero attached hydrogens (tertiary/aromatic N) is 3. The van der Waals surface area contributed by atoms with Crippen LogP contribution in [0.1, 0.15) is 0 Å². The molecule has 0 spiro atoms. The Hall–Kier alpha value is -1.46. The fourth-order valence-corrected chi connectivity index (χ4v) is 0.290. The Morgan fingerprint density at radius 3 is 2.90 bits per heavy atom. The molecule has 0 rings (SSSR count). The highest BCUT2D eigenvalue weighted by molar-refractivity contribution is 5.79. The Bertz CT molecular complexity index is 162. The van der Waals surface area contributed by atoms with E-state index in [1.54, 1.807) is 0 Å². The summed E-state index contributed by atoms with van der Waals surface area (Å²) >= 11 is 0. The number of aliphatic hydroxyl groups excluding tert-OH is 1. The molecule has 0 aromatic carbocycles. The smallest absolute Gasteiger partial charge is 0.265 e. The second-order valence-corrected chi connectivity index (χ2v) is 1.46. The molecule has 0 saturated heterocycles. The highest BCUT2D eigenvalue weighted by Gasteiger charge is 2.14. The molecular weight excluding hydrogens is 138 g/mol. The highest BCUT2D eigenvalue weighted by atomic mass is 16.3. The molecule has 0 aliphatic carbocycles. The number of carbonyl (C=O) groups is 1. The van der Waals surface area contributed by atoms with Crippen LogP contribution in [0.4, 0.5) is 0 Å². The minimum atomic E-state index is -1.00. The van der Waals surface area contributed by atoms with Crippen molar-refractivity contribution < 1.29 is 9.90 Å². The SMILES string of the molecule is [N-]=[N+]=NN[C@@H](CO)C(N)=O. The van der Waals surface area contributed by atoms with Crippen molar-refractivity contribution in [3.8, 4) is 0 Å². The maximum Gasteiger partial charge on any atom is 0.265 e. The monoisotopic (exact) mass is 145 g/mol. The summed E-state index contributed by atoms with van der Waals surface area (Å²) in [5.74, 6) is -0.769. The van der Waals surface area contributed by atoms with E-state index in [-0.39, 0.29) is 0 Å². The van der Waals surface area contributed by atoms with E-state index in [4.69, 9.17) is 16.4 Å². The maximum atomic E-state index is 10.3. The van der Waals surface area contributed by atoms with E-state index in [0.717, 1.165) is 0 Å². The average molecular weight is 145 g/mol. The normalized spacial score (nSPS) is 11.3. The lowest BCUT2D eigenvalue weighted by Crippen LogP contribution is -2.41. The van der Waals surface area contributed by atoms with Crippen LogP contribution in [-0.2, 0) is 4.79 Å². The van der Waals surface area contributed by atoms with E-state index < -0.39 is 18.6 Å². The first-order chi connectivity index (χ1) is 4.72. The van der Waals surface area contributed by atoms with Crippen LogP contribution in [0, 0.1) is 0 Å². The number of nitrogens with one attached hydrogen (secondary N) is 1. The van der Waals surface area contributed by atoms with E-state index in [2.05, 4.69) is 10.1 Å². The lowest BCUT2D eigenvalue weighted by Gasteiger charge is -2.02. The van der Waals surface area contributed by atoms with E-state index >= 15 is 0 Å². The van der Waals surface area contributed by atoms with Gasteiger partial charge in [0.1, 0.15) is 0 Å². The molecule has 0 unspecified atom stereocenters. The molecule has 56 valence electrons. The van der Waals surface area contributed by atoms with Gasteiger partial charge in [-0.2, -0.15) is 4.91 Å². The van der Waals surface area contributed by atoms with Gasteiger partial charge in [0, 0.05) is 0 Å². The zero-order chi connectivity index (χ0) is 7.98. The minimum Gasteiger partial charge on any atom is -0.391 e. The van der Waals surface area contributed by atoms with Gasteiger partial charge in [0.05, 0.1) is 6.61 Å². The summed E-state index contributed by atoms with van der Waals surface area (Å²) in [6, 6.07) is -1.00. The molecule has 7 heteroatoms. The van der Waals surface area contributed by atoms with Crippen LogP contribution in [0.5, 0.6) is 0 Å². The van der Waals surface area contributed by atoms with Crippen LogP contribution in [-0.4, -0.2) is 23.7 Å². The third-order valence-electron chi connectivity index (χ3n) is 0.784.